The summed E-state index contributed by atoms with van der Waals surface area (Å²) in [6.45, 7) is 2.83. The van der Waals surface area contributed by atoms with Gasteiger partial charge in [-0.3, -0.25) is 4.79 Å². The lowest BCUT2D eigenvalue weighted by Crippen LogP contribution is -2.64. The average molecular weight is 238 g/mol. The second-order valence-corrected chi connectivity index (χ2v) is 5.66. The van der Waals surface area contributed by atoms with Crippen molar-refractivity contribution in [2.75, 3.05) is 13.1 Å². The number of hydrogen-bond acceptors (Lipinski definition) is 4. The minimum absolute atomic E-state index is 0.0188. The molecular weight excluding hydrogens is 224 g/mol. The fourth-order valence-electron chi connectivity index (χ4n) is 2.29. The van der Waals surface area contributed by atoms with Crippen molar-refractivity contribution in [3.63, 3.8) is 0 Å². The number of carbonyl (C=O) groups excluding carboxylic acids is 1. The van der Waals surface area contributed by atoms with Crippen LogP contribution in [0, 0.1) is 12.8 Å². The van der Waals surface area contributed by atoms with Gasteiger partial charge in [0.2, 0.25) is 0 Å². The van der Waals surface area contributed by atoms with Crippen LogP contribution in [0.1, 0.15) is 28.2 Å². The van der Waals surface area contributed by atoms with Crippen molar-refractivity contribution in [1.82, 2.24) is 9.88 Å². The summed E-state index contributed by atoms with van der Waals surface area (Å²) < 4.78 is 0. The lowest BCUT2D eigenvalue weighted by molar-refractivity contribution is -0.0957. The molecule has 0 atom stereocenters. The summed E-state index contributed by atoms with van der Waals surface area (Å²) in [6.07, 6.45) is 2.22. The highest BCUT2D eigenvalue weighted by Crippen LogP contribution is 2.44. The molecule has 1 aliphatic heterocycles. The van der Waals surface area contributed by atoms with E-state index in [-0.39, 0.29) is 5.91 Å². The van der Waals surface area contributed by atoms with E-state index in [1.165, 1.54) is 11.3 Å². The van der Waals surface area contributed by atoms with Gasteiger partial charge < -0.3 is 10.0 Å². The molecule has 0 aromatic carbocycles. The van der Waals surface area contributed by atoms with Gasteiger partial charge in [0.25, 0.3) is 5.91 Å². The molecule has 0 bridgehead atoms. The Bertz CT molecular complexity index is 433. The maximum Gasteiger partial charge on any atom is 0.266 e. The average Bonchev–Trinajstić information content (AvgIpc) is 2.97. The molecule has 2 heterocycles. The Kier molecular flexibility index (Phi) is 2.09. The third-order valence-electron chi connectivity index (χ3n) is 3.49. The van der Waals surface area contributed by atoms with Crippen LogP contribution in [-0.4, -0.2) is 39.6 Å². The monoisotopic (exact) mass is 238 g/mol. The molecule has 0 unspecified atom stereocenters. The molecule has 1 saturated heterocycles. The van der Waals surface area contributed by atoms with E-state index in [1.807, 2.05) is 6.92 Å². The highest BCUT2D eigenvalue weighted by molar-refractivity contribution is 7.11. The largest absolute Gasteiger partial charge is 0.386 e. The van der Waals surface area contributed by atoms with Crippen LogP contribution < -0.4 is 0 Å². The van der Waals surface area contributed by atoms with Gasteiger partial charge in [-0.1, -0.05) is 0 Å². The van der Waals surface area contributed by atoms with Gasteiger partial charge in [-0.25, -0.2) is 4.98 Å². The van der Waals surface area contributed by atoms with Gasteiger partial charge >= 0.3 is 0 Å². The molecule has 2 fully saturated rings. The number of aryl methyl sites for hydroxylation is 1. The number of aromatic nitrogens is 1. The van der Waals surface area contributed by atoms with E-state index in [0.717, 1.165) is 18.5 Å². The van der Waals surface area contributed by atoms with Gasteiger partial charge in [0.05, 0.1) is 24.3 Å². The number of amides is 1. The second-order valence-electron chi connectivity index (χ2n) is 4.81. The SMILES string of the molecule is Cc1ncsc1C(=O)N1CC(O)(C2CC2)C1. The fraction of sp³-hybridized carbons (Fsp3) is 0.636. The Labute approximate surface area is 97.9 Å². The zero-order valence-electron chi connectivity index (χ0n) is 9.14. The van der Waals surface area contributed by atoms with Crippen LogP contribution in [0.2, 0.25) is 0 Å². The third-order valence-corrected chi connectivity index (χ3v) is 4.41. The van der Waals surface area contributed by atoms with Crippen molar-refractivity contribution in [3.05, 3.63) is 16.1 Å². The minimum Gasteiger partial charge on any atom is -0.386 e. The summed E-state index contributed by atoms with van der Waals surface area (Å²) in [5.41, 5.74) is 1.89. The maximum absolute atomic E-state index is 12.0. The third kappa shape index (κ3) is 1.46. The van der Waals surface area contributed by atoms with Crippen molar-refractivity contribution >= 4 is 17.2 Å². The Morgan fingerprint density at radius 3 is 2.81 bits per heavy atom. The first-order valence-electron chi connectivity index (χ1n) is 5.52. The molecule has 1 N–H and O–H groups in total. The first-order chi connectivity index (χ1) is 7.60. The number of carbonyl (C=O) groups is 1. The quantitative estimate of drug-likeness (QED) is 0.838. The number of aliphatic hydroxyl groups is 1. The van der Waals surface area contributed by atoms with Crippen LogP contribution in [0.15, 0.2) is 5.51 Å². The van der Waals surface area contributed by atoms with Crippen molar-refractivity contribution in [2.45, 2.75) is 25.4 Å². The van der Waals surface area contributed by atoms with E-state index >= 15 is 0 Å². The number of likely N-dealkylation sites (tertiary alicyclic amines) is 1. The fourth-order valence-corrected chi connectivity index (χ4v) is 3.06. The molecule has 1 amide bonds. The van der Waals surface area contributed by atoms with E-state index in [1.54, 1.807) is 10.4 Å². The normalized spacial score (nSPS) is 23.0. The molecule has 0 radical (unpaired) electrons. The number of thiazole rings is 1. The van der Waals surface area contributed by atoms with Crippen LogP contribution in [0.3, 0.4) is 0 Å². The molecule has 5 heteroatoms. The van der Waals surface area contributed by atoms with Crippen LogP contribution in [0.25, 0.3) is 0 Å². The van der Waals surface area contributed by atoms with Gasteiger partial charge in [0, 0.05) is 0 Å². The number of β-amino-alcohol motifs (C(OH)–C–C–N with tert-alkyl or cyclic N) is 1. The molecular formula is C11H14N2O2S. The summed E-state index contributed by atoms with van der Waals surface area (Å²) in [4.78, 5) is 18.5. The molecule has 86 valence electrons. The van der Waals surface area contributed by atoms with Gasteiger partial charge in [-0.15, -0.1) is 11.3 Å². The van der Waals surface area contributed by atoms with E-state index in [0.29, 0.717) is 23.9 Å². The Balaban J connectivity index is 1.68. The van der Waals surface area contributed by atoms with Crippen molar-refractivity contribution < 1.29 is 9.90 Å². The Morgan fingerprint density at radius 1 is 1.62 bits per heavy atom. The second kappa shape index (κ2) is 3.28. The molecule has 3 rings (SSSR count). The van der Waals surface area contributed by atoms with Gasteiger partial charge in [0.1, 0.15) is 10.5 Å². The zero-order chi connectivity index (χ0) is 11.3. The van der Waals surface area contributed by atoms with Crippen molar-refractivity contribution in [3.8, 4) is 0 Å². The highest BCUT2D eigenvalue weighted by Gasteiger charge is 2.53. The van der Waals surface area contributed by atoms with Crippen LogP contribution >= 0.6 is 11.3 Å². The van der Waals surface area contributed by atoms with Crippen LogP contribution in [-0.2, 0) is 0 Å². The Morgan fingerprint density at radius 2 is 2.31 bits per heavy atom. The number of nitrogens with zero attached hydrogens (tertiary/aromatic N) is 2. The minimum atomic E-state index is -0.589. The molecule has 1 aromatic rings. The molecule has 2 aliphatic rings. The molecule has 4 nitrogen and oxygen atoms in total. The molecule has 0 spiro atoms. The number of rotatable bonds is 2. The van der Waals surface area contributed by atoms with Gasteiger partial charge in [0.15, 0.2) is 0 Å². The zero-order valence-corrected chi connectivity index (χ0v) is 9.96. The van der Waals surface area contributed by atoms with Gasteiger partial charge in [-0.05, 0) is 25.7 Å². The first kappa shape index (κ1) is 10.2. The van der Waals surface area contributed by atoms with E-state index in [9.17, 15) is 9.90 Å². The highest BCUT2D eigenvalue weighted by atomic mass is 32.1. The molecule has 1 aromatic heterocycles. The van der Waals surface area contributed by atoms with Crippen molar-refractivity contribution in [2.24, 2.45) is 5.92 Å². The van der Waals surface area contributed by atoms with Gasteiger partial charge in [-0.2, -0.15) is 0 Å². The topological polar surface area (TPSA) is 53.4 Å². The lowest BCUT2D eigenvalue weighted by atomic mass is 9.88. The maximum atomic E-state index is 12.0. The standard InChI is InChI=1S/C11H14N2O2S/c1-7-9(16-6-12-7)10(14)13-4-11(15,5-13)8-2-3-8/h6,8,15H,2-5H2,1H3. The van der Waals surface area contributed by atoms with Crippen molar-refractivity contribution in [1.29, 1.82) is 0 Å². The predicted octanol–water partition coefficient (Wildman–Crippen LogP) is 1.05. The summed E-state index contributed by atoms with van der Waals surface area (Å²) >= 11 is 1.38. The summed E-state index contributed by atoms with van der Waals surface area (Å²) in [7, 11) is 0. The predicted molar refractivity (Wildman–Crippen MR) is 60.4 cm³/mol. The smallest absolute Gasteiger partial charge is 0.266 e. The van der Waals surface area contributed by atoms with E-state index in [2.05, 4.69) is 4.98 Å². The summed E-state index contributed by atoms with van der Waals surface area (Å²) in [5, 5.41) is 10.1. The lowest BCUT2D eigenvalue weighted by Gasteiger charge is -2.46. The summed E-state index contributed by atoms with van der Waals surface area (Å²) in [5.74, 6) is 0.449. The van der Waals surface area contributed by atoms with E-state index < -0.39 is 5.60 Å². The van der Waals surface area contributed by atoms with E-state index in [4.69, 9.17) is 0 Å². The first-order valence-corrected chi connectivity index (χ1v) is 6.40. The van der Waals surface area contributed by atoms with Crippen LogP contribution in [0.5, 0.6) is 0 Å². The van der Waals surface area contributed by atoms with Crippen LogP contribution in [0.4, 0.5) is 0 Å². The number of hydrogen-bond donors (Lipinski definition) is 1. The Hall–Kier alpha value is -0.940. The molecule has 1 saturated carbocycles. The molecule has 1 aliphatic carbocycles. The summed E-state index contributed by atoms with van der Waals surface area (Å²) in [6, 6.07) is 0. The molecule has 16 heavy (non-hydrogen) atoms.